The second-order valence-electron chi connectivity index (χ2n) is 8.39. The third-order valence-corrected chi connectivity index (χ3v) is 6.93. The third kappa shape index (κ3) is 4.65. The maximum atomic E-state index is 13.4. The number of amides is 1. The van der Waals surface area contributed by atoms with E-state index in [0.717, 1.165) is 11.1 Å². The Balaban J connectivity index is 1.61. The van der Waals surface area contributed by atoms with Crippen LogP contribution in [0.2, 0.25) is 0 Å². The molecule has 0 bridgehead atoms. The number of anilines is 1. The number of aromatic nitrogens is 2. The van der Waals surface area contributed by atoms with E-state index in [9.17, 15) is 14.7 Å². The average molecular weight is 516 g/mol. The fourth-order valence-electron chi connectivity index (χ4n) is 4.22. The number of hydrogen-bond acceptors (Lipinski definition) is 8. The quantitative estimate of drug-likeness (QED) is 0.188. The van der Waals surface area contributed by atoms with Crippen LogP contribution in [0.15, 0.2) is 72.6 Å². The van der Waals surface area contributed by atoms with Gasteiger partial charge in [-0.15, -0.1) is 0 Å². The summed E-state index contributed by atoms with van der Waals surface area (Å²) in [6.45, 7) is 5.02. The first-order valence-corrected chi connectivity index (χ1v) is 12.8. The van der Waals surface area contributed by atoms with E-state index in [1.165, 1.54) is 16.2 Å². The number of aliphatic hydroxyl groups is 1. The lowest BCUT2D eigenvalue weighted by molar-refractivity contribution is -0.132. The minimum atomic E-state index is -0.892. The molecule has 2 aromatic heterocycles. The van der Waals surface area contributed by atoms with Crippen molar-refractivity contribution in [2.75, 3.05) is 18.1 Å². The summed E-state index contributed by atoms with van der Waals surface area (Å²) >= 11 is 1.28. The minimum Gasteiger partial charge on any atom is -0.507 e. The van der Waals surface area contributed by atoms with Crippen LogP contribution in [-0.2, 0) is 9.59 Å². The SMILES string of the molecule is CCCOc1ccc(C(O)=C2C(=O)C(=O)N(c3nc4ccc(OCC)cc4s3)C2c2cccnc2)cc1. The molecule has 1 aliphatic heterocycles. The van der Waals surface area contributed by atoms with Gasteiger partial charge in [0.2, 0.25) is 0 Å². The molecule has 1 fully saturated rings. The van der Waals surface area contributed by atoms with Crippen molar-refractivity contribution < 1.29 is 24.2 Å². The Morgan fingerprint density at radius 1 is 1.05 bits per heavy atom. The Morgan fingerprint density at radius 2 is 1.84 bits per heavy atom. The minimum absolute atomic E-state index is 0.0190. The fraction of sp³-hybridized carbons (Fsp3) is 0.214. The van der Waals surface area contributed by atoms with Crippen LogP contribution in [0.25, 0.3) is 16.0 Å². The summed E-state index contributed by atoms with van der Waals surface area (Å²) in [5.41, 5.74) is 1.65. The lowest BCUT2D eigenvalue weighted by atomic mass is 9.96. The Labute approximate surface area is 217 Å². The molecule has 2 aromatic carbocycles. The van der Waals surface area contributed by atoms with Gasteiger partial charge in [0.25, 0.3) is 5.78 Å². The predicted octanol–water partition coefficient (Wildman–Crippen LogP) is 5.51. The van der Waals surface area contributed by atoms with Crippen LogP contribution in [0.4, 0.5) is 5.13 Å². The van der Waals surface area contributed by atoms with Crippen molar-refractivity contribution in [2.45, 2.75) is 26.3 Å². The van der Waals surface area contributed by atoms with Crippen molar-refractivity contribution in [3.63, 3.8) is 0 Å². The van der Waals surface area contributed by atoms with Crippen molar-refractivity contribution in [3.8, 4) is 11.5 Å². The van der Waals surface area contributed by atoms with Gasteiger partial charge in [0, 0.05) is 18.0 Å². The monoisotopic (exact) mass is 515 g/mol. The highest BCUT2D eigenvalue weighted by atomic mass is 32.1. The molecule has 9 heteroatoms. The Morgan fingerprint density at radius 3 is 2.54 bits per heavy atom. The van der Waals surface area contributed by atoms with Gasteiger partial charge >= 0.3 is 5.91 Å². The van der Waals surface area contributed by atoms with Crippen molar-refractivity contribution in [2.24, 2.45) is 0 Å². The van der Waals surface area contributed by atoms with E-state index in [1.807, 2.05) is 32.0 Å². The number of nitrogens with zero attached hydrogens (tertiary/aromatic N) is 3. The van der Waals surface area contributed by atoms with Gasteiger partial charge in [-0.25, -0.2) is 4.98 Å². The number of thiazole rings is 1. The number of ketones is 1. The zero-order valence-electron chi connectivity index (χ0n) is 20.4. The molecule has 188 valence electrons. The van der Waals surface area contributed by atoms with E-state index < -0.39 is 17.7 Å². The Bertz CT molecular complexity index is 1480. The van der Waals surface area contributed by atoms with E-state index in [-0.39, 0.29) is 11.3 Å². The highest BCUT2D eigenvalue weighted by Crippen LogP contribution is 2.44. The predicted molar refractivity (Wildman–Crippen MR) is 142 cm³/mol. The average Bonchev–Trinajstić information content (AvgIpc) is 3.45. The molecule has 1 N–H and O–H groups in total. The number of pyridine rings is 1. The number of hydrogen-bond donors (Lipinski definition) is 1. The van der Waals surface area contributed by atoms with Gasteiger partial charge in [-0.2, -0.15) is 0 Å². The molecule has 1 atom stereocenters. The van der Waals surface area contributed by atoms with Gasteiger partial charge in [0.1, 0.15) is 17.3 Å². The molecule has 37 heavy (non-hydrogen) atoms. The second-order valence-corrected chi connectivity index (χ2v) is 9.40. The van der Waals surface area contributed by atoms with Crippen LogP contribution in [0.5, 0.6) is 11.5 Å². The molecule has 0 aliphatic carbocycles. The molecule has 0 radical (unpaired) electrons. The largest absolute Gasteiger partial charge is 0.507 e. The van der Waals surface area contributed by atoms with Gasteiger partial charge in [0.05, 0.1) is 35.0 Å². The molecule has 0 saturated carbocycles. The molecule has 1 unspecified atom stereocenters. The molecule has 8 nitrogen and oxygen atoms in total. The van der Waals surface area contributed by atoms with Crippen LogP contribution in [0, 0.1) is 0 Å². The van der Waals surface area contributed by atoms with Gasteiger partial charge in [-0.1, -0.05) is 24.3 Å². The maximum Gasteiger partial charge on any atom is 0.301 e. The lowest BCUT2D eigenvalue weighted by Gasteiger charge is -2.22. The van der Waals surface area contributed by atoms with Gasteiger partial charge in [0.15, 0.2) is 5.13 Å². The molecular formula is C28H25N3O5S. The van der Waals surface area contributed by atoms with Crippen LogP contribution in [0.1, 0.15) is 37.4 Å². The topological polar surface area (TPSA) is 102 Å². The fourth-order valence-corrected chi connectivity index (χ4v) is 5.24. The number of carbonyl (C=O) groups is 2. The molecule has 5 rings (SSSR count). The van der Waals surface area contributed by atoms with E-state index in [4.69, 9.17) is 9.47 Å². The zero-order valence-corrected chi connectivity index (χ0v) is 21.2. The number of rotatable bonds is 8. The lowest BCUT2D eigenvalue weighted by Crippen LogP contribution is -2.29. The van der Waals surface area contributed by atoms with E-state index in [0.29, 0.717) is 46.5 Å². The van der Waals surface area contributed by atoms with Gasteiger partial charge < -0.3 is 14.6 Å². The van der Waals surface area contributed by atoms with E-state index in [1.54, 1.807) is 48.8 Å². The van der Waals surface area contributed by atoms with Crippen LogP contribution < -0.4 is 14.4 Å². The summed E-state index contributed by atoms with van der Waals surface area (Å²) in [7, 11) is 0. The molecule has 0 spiro atoms. The van der Waals surface area contributed by atoms with Crippen LogP contribution in [0.3, 0.4) is 0 Å². The first-order chi connectivity index (χ1) is 18.0. The maximum absolute atomic E-state index is 13.4. The number of benzene rings is 2. The molecule has 1 aliphatic rings. The van der Waals surface area contributed by atoms with Crippen LogP contribution >= 0.6 is 11.3 Å². The van der Waals surface area contributed by atoms with Crippen molar-refractivity contribution in [3.05, 3.63) is 83.7 Å². The highest BCUT2D eigenvalue weighted by molar-refractivity contribution is 7.22. The van der Waals surface area contributed by atoms with E-state index >= 15 is 0 Å². The van der Waals surface area contributed by atoms with E-state index in [2.05, 4.69) is 9.97 Å². The van der Waals surface area contributed by atoms with Gasteiger partial charge in [-0.05, 0) is 67.4 Å². The first-order valence-electron chi connectivity index (χ1n) is 12.0. The summed E-state index contributed by atoms with van der Waals surface area (Å²) in [5.74, 6) is -0.461. The van der Waals surface area contributed by atoms with Crippen LogP contribution in [-0.4, -0.2) is 40.0 Å². The molecule has 1 saturated heterocycles. The summed E-state index contributed by atoms with van der Waals surface area (Å²) in [6.07, 6.45) is 4.06. The molecule has 1 amide bonds. The first kappa shape index (κ1) is 24.5. The number of ether oxygens (including phenoxy) is 2. The number of fused-ring (bicyclic) bond motifs is 1. The molecular weight excluding hydrogens is 490 g/mol. The second kappa shape index (κ2) is 10.4. The highest BCUT2D eigenvalue weighted by Gasteiger charge is 2.48. The number of aliphatic hydroxyl groups excluding tert-OH is 1. The molecule has 3 heterocycles. The van der Waals surface area contributed by atoms with Crippen molar-refractivity contribution >= 4 is 44.1 Å². The zero-order chi connectivity index (χ0) is 25.9. The summed E-state index contributed by atoms with van der Waals surface area (Å²) < 4.78 is 12.0. The third-order valence-electron chi connectivity index (χ3n) is 5.91. The standard InChI is InChI=1S/C28H25N3O5S/c1-3-14-36-19-9-7-17(8-10-19)25(32)23-24(18-6-5-13-29-16-18)31(27(34)26(23)33)28-30-21-12-11-20(35-4-2)15-22(21)37-28/h5-13,15-16,24,32H,3-4,14H2,1-2H3. The number of Topliss-reactive ketones (excluding diaryl/α,β-unsaturated/α-hetero) is 1. The summed E-state index contributed by atoms with van der Waals surface area (Å²) in [6, 6.07) is 14.9. The van der Waals surface area contributed by atoms with Crippen molar-refractivity contribution in [1.29, 1.82) is 0 Å². The smallest absolute Gasteiger partial charge is 0.301 e. The Kier molecular flexibility index (Phi) is 6.87. The summed E-state index contributed by atoms with van der Waals surface area (Å²) in [4.78, 5) is 36.9. The summed E-state index contributed by atoms with van der Waals surface area (Å²) in [5, 5.41) is 11.6. The van der Waals surface area contributed by atoms with Crippen molar-refractivity contribution in [1.82, 2.24) is 9.97 Å². The normalized spacial score (nSPS) is 16.9. The Hall–Kier alpha value is -4.24. The number of carbonyl (C=O) groups excluding carboxylic acids is 2. The van der Waals surface area contributed by atoms with Gasteiger partial charge in [-0.3, -0.25) is 19.5 Å². The molecule has 4 aromatic rings.